The smallest absolute Gasteiger partial charge is 0.408 e. The minimum Gasteiger partial charge on any atom is -0.480 e. The van der Waals surface area contributed by atoms with Crippen LogP contribution in [0.1, 0.15) is 46.6 Å². The van der Waals surface area contributed by atoms with Crippen molar-refractivity contribution in [3.8, 4) is 0 Å². The summed E-state index contributed by atoms with van der Waals surface area (Å²) in [4.78, 5) is 26.6. The van der Waals surface area contributed by atoms with E-state index in [9.17, 15) is 14.7 Å². The molecule has 0 bridgehead atoms. The molecule has 1 amide bonds. The number of aliphatic carboxylic acids is 1. The Bertz CT molecular complexity index is 706. The SMILES string of the molecule is [C-]#[N+]c1ccc(/C(C)=C(/C)C[C@H](NC(=O)OC(C)(C)C)C(=O)O)cc1. The van der Waals surface area contributed by atoms with Crippen molar-refractivity contribution in [1.29, 1.82) is 0 Å². The number of hydrogen-bond acceptors (Lipinski definition) is 3. The molecule has 0 aliphatic rings. The maximum absolute atomic E-state index is 11.8. The molecule has 1 aromatic carbocycles. The number of nitrogens with one attached hydrogen (secondary N) is 1. The lowest BCUT2D eigenvalue weighted by atomic mass is 9.97. The Kier molecular flexibility index (Phi) is 6.75. The van der Waals surface area contributed by atoms with Crippen molar-refractivity contribution >= 4 is 23.3 Å². The second-order valence-electron chi connectivity index (χ2n) is 6.81. The molecule has 0 radical (unpaired) electrons. The van der Waals surface area contributed by atoms with Crippen LogP contribution in [0.25, 0.3) is 10.4 Å². The van der Waals surface area contributed by atoms with Gasteiger partial charge in [-0.1, -0.05) is 29.8 Å². The minimum atomic E-state index is -1.12. The molecule has 1 atom stereocenters. The first-order chi connectivity index (χ1) is 11.5. The number of rotatable bonds is 5. The van der Waals surface area contributed by atoms with E-state index in [1.807, 2.05) is 26.0 Å². The number of carboxylic acid groups (broad SMARTS) is 1. The van der Waals surface area contributed by atoms with Gasteiger partial charge in [-0.3, -0.25) is 0 Å². The highest BCUT2D eigenvalue weighted by atomic mass is 16.6. The van der Waals surface area contributed by atoms with Crippen molar-refractivity contribution in [2.75, 3.05) is 0 Å². The van der Waals surface area contributed by atoms with E-state index in [2.05, 4.69) is 10.2 Å². The molecule has 1 rings (SSSR count). The fourth-order valence-corrected chi connectivity index (χ4v) is 2.14. The second kappa shape index (κ2) is 8.34. The third kappa shape index (κ3) is 6.68. The van der Waals surface area contributed by atoms with Crippen molar-refractivity contribution in [3.05, 3.63) is 46.8 Å². The van der Waals surface area contributed by atoms with Gasteiger partial charge in [0, 0.05) is 0 Å². The first-order valence-corrected chi connectivity index (χ1v) is 7.90. The summed E-state index contributed by atoms with van der Waals surface area (Å²) in [7, 11) is 0. The van der Waals surface area contributed by atoms with E-state index in [1.165, 1.54) is 0 Å². The Morgan fingerprint density at radius 3 is 2.24 bits per heavy atom. The van der Waals surface area contributed by atoms with Crippen LogP contribution in [0.2, 0.25) is 0 Å². The molecule has 0 aromatic heterocycles. The molecule has 0 fully saturated rings. The van der Waals surface area contributed by atoms with Gasteiger partial charge in [0.15, 0.2) is 5.69 Å². The molecule has 0 aliphatic carbocycles. The van der Waals surface area contributed by atoms with Gasteiger partial charge in [0.1, 0.15) is 11.6 Å². The van der Waals surface area contributed by atoms with E-state index >= 15 is 0 Å². The van der Waals surface area contributed by atoms with Gasteiger partial charge in [-0.15, -0.1) is 0 Å². The third-order valence-electron chi connectivity index (χ3n) is 3.57. The van der Waals surface area contributed by atoms with Crippen LogP contribution in [0, 0.1) is 6.57 Å². The van der Waals surface area contributed by atoms with Crippen LogP contribution in [0.4, 0.5) is 10.5 Å². The molecule has 0 saturated heterocycles. The van der Waals surface area contributed by atoms with Crippen LogP contribution < -0.4 is 5.32 Å². The standard InChI is InChI=1S/C19H24N2O4/c1-12(13(2)14-7-9-15(20-6)10-8-14)11-16(17(22)23)21-18(24)25-19(3,4)5/h7-10,16H,11H2,1-5H3,(H,21,24)(H,22,23)/b13-12-/t16-/m0/s1. The van der Waals surface area contributed by atoms with Gasteiger partial charge in [-0.2, -0.15) is 0 Å². The number of alkyl carbamates (subject to hydrolysis) is 1. The van der Waals surface area contributed by atoms with Crippen LogP contribution >= 0.6 is 0 Å². The molecule has 6 heteroatoms. The Balaban J connectivity index is 2.90. The van der Waals surface area contributed by atoms with E-state index in [0.29, 0.717) is 5.69 Å². The summed E-state index contributed by atoms with van der Waals surface area (Å²) in [6.07, 6.45) is -0.600. The number of benzene rings is 1. The lowest BCUT2D eigenvalue weighted by molar-refractivity contribution is -0.139. The topological polar surface area (TPSA) is 80.0 Å². The molecule has 0 spiro atoms. The third-order valence-corrected chi connectivity index (χ3v) is 3.57. The molecular weight excluding hydrogens is 320 g/mol. The fraction of sp³-hybridized carbons (Fsp3) is 0.421. The maximum Gasteiger partial charge on any atom is 0.408 e. The molecule has 0 heterocycles. The van der Waals surface area contributed by atoms with Crippen LogP contribution in [0.15, 0.2) is 29.8 Å². The molecular formula is C19H24N2O4. The summed E-state index contributed by atoms with van der Waals surface area (Å²) in [5, 5.41) is 11.8. The first-order valence-electron chi connectivity index (χ1n) is 7.90. The number of hydrogen-bond donors (Lipinski definition) is 2. The summed E-state index contributed by atoms with van der Waals surface area (Å²) in [5.41, 5.74) is 2.50. The zero-order chi connectivity index (χ0) is 19.2. The van der Waals surface area contributed by atoms with E-state index in [1.54, 1.807) is 32.9 Å². The number of ether oxygens (including phenoxy) is 1. The van der Waals surface area contributed by atoms with Crippen molar-refractivity contribution < 1.29 is 19.4 Å². The quantitative estimate of drug-likeness (QED) is 0.776. The van der Waals surface area contributed by atoms with E-state index in [0.717, 1.165) is 16.7 Å². The monoisotopic (exact) mass is 344 g/mol. The summed E-state index contributed by atoms with van der Waals surface area (Å²) in [6.45, 7) is 15.8. The highest BCUT2D eigenvalue weighted by Gasteiger charge is 2.24. The summed E-state index contributed by atoms with van der Waals surface area (Å²) in [5.74, 6) is -1.12. The highest BCUT2D eigenvalue weighted by Crippen LogP contribution is 2.24. The van der Waals surface area contributed by atoms with Crippen LogP contribution in [0.3, 0.4) is 0 Å². The number of amides is 1. The fourth-order valence-electron chi connectivity index (χ4n) is 2.14. The molecule has 0 saturated carbocycles. The Labute approximate surface area is 148 Å². The molecule has 0 unspecified atom stereocenters. The molecule has 2 N–H and O–H groups in total. The van der Waals surface area contributed by atoms with Gasteiger partial charge in [-0.25, -0.2) is 14.4 Å². The minimum absolute atomic E-state index is 0.158. The van der Waals surface area contributed by atoms with Gasteiger partial charge in [0.05, 0.1) is 6.57 Å². The zero-order valence-electron chi connectivity index (χ0n) is 15.2. The second-order valence-corrected chi connectivity index (χ2v) is 6.81. The predicted molar refractivity (Wildman–Crippen MR) is 96.4 cm³/mol. The largest absolute Gasteiger partial charge is 0.480 e. The van der Waals surface area contributed by atoms with E-state index in [4.69, 9.17) is 11.3 Å². The number of allylic oxidation sites excluding steroid dienone is 1. The van der Waals surface area contributed by atoms with Crippen molar-refractivity contribution in [1.82, 2.24) is 5.32 Å². The lowest BCUT2D eigenvalue weighted by Crippen LogP contribution is -2.43. The summed E-state index contributed by atoms with van der Waals surface area (Å²) in [6, 6.07) is 6.00. The Morgan fingerprint density at radius 1 is 1.24 bits per heavy atom. The number of carbonyl (C=O) groups excluding carboxylic acids is 1. The summed E-state index contributed by atoms with van der Waals surface area (Å²) >= 11 is 0. The van der Waals surface area contributed by atoms with Crippen molar-refractivity contribution in [2.24, 2.45) is 0 Å². The van der Waals surface area contributed by atoms with Crippen molar-refractivity contribution in [3.63, 3.8) is 0 Å². The summed E-state index contributed by atoms with van der Waals surface area (Å²) < 4.78 is 5.11. The highest BCUT2D eigenvalue weighted by molar-refractivity contribution is 5.81. The molecule has 6 nitrogen and oxygen atoms in total. The Morgan fingerprint density at radius 2 is 1.80 bits per heavy atom. The van der Waals surface area contributed by atoms with Gasteiger partial charge in [0.25, 0.3) is 0 Å². The van der Waals surface area contributed by atoms with E-state index in [-0.39, 0.29) is 6.42 Å². The van der Waals surface area contributed by atoms with Crippen LogP contribution in [-0.2, 0) is 9.53 Å². The predicted octanol–water partition coefficient (Wildman–Crippen LogP) is 4.40. The van der Waals surface area contributed by atoms with Gasteiger partial charge < -0.3 is 15.2 Å². The first kappa shape index (κ1) is 20.2. The van der Waals surface area contributed by atoms with Gasteiger partial charge in [-0.05, 0) is 52.2 Å². The van der Waals surface area contributed by atoms with Gasteiger partial charge in [0.2, 0.25) is 0 Å². The Hall–Kier alpha value is -2.81. The van der Waals surface area contributed by atoms with Gasteiger partial charge >= 0.3 is 12.1 Å². The number of carbonyl (C=O) groups is 2. The van der Waals surface area contributed by atoms with Crippen LogP contribution in [-0.4, -0.2) is 28.8 Å². The van der Waals surface area contributed by atoms with Crippen LogP contribution in [0.5, 0.6) is 0 Å². The number of carboxylic acids is 1. The average Bonchev–Trinajstić information content (AvgIpc) is 2.51. The lowest BCUT2D eigenvalue weighted by Gasteiger charge is -2.22. The average molecular weight is 344 g/mol. The van der Waals surface area contributed by atoms with Crippen molar-refractivity contribution in [2.45, 2.75) is 52.7 Å². The normalized spacial score (nSPS) is 13.3. The molecule has 25 heavy (non-hydrogen) atoms. The molecule has 1 aromatic rings. The number of nitrogens with zero attached hydrogens (tertiary/aromatic N) is 1. The maximum atomic E-state index is 11.8. The zero-order valence-corrected chi connectivity index (χ0v) is 15.2. The molecule has 134 valence electrons. The molecule has 0 aliphatic heterocycles. The van der Waals surface area contributed by atoms with E-state index < -0.39 is 23.7 Å².